The molecule has 4 nitrogen and oxygen atoms in total. The van der Waals surface area contributed by atoms with Crippen LogP contribution in [0.25, 0.3) is 9.88 Å². The Morgan fingerprint density at radius 2 is 2.17 bits per heavy atom. The van der Waals surface area contributed by atoms with Crippen molar-refractivity contribution < 1.29 is 9.90 Å². The fraction of sp³-hybridized carbons (Fsp3) is 0.176. The number of phenolic OH excluding ortho intramolecular Hbond substituents is 1. The smallest absolute Gasteiger partial charge is 0.226 e. The maximum absolute atomic E-state index is 12.2. The van der Waals surface area contributed by atoms with Gasteiger partial charge in [-0.05, 0) is 46.6 Å². The number of hydrogen-bond acceptors (Lipinski definition) is 5. The summed E-state index contributed by atoms with van der Waals surface area (Å²) in [7, 11) is 0. The zero-order chi connectivity index (χ0) is 17.1. The Labute approximate surface area is 156 Å². The second-order valence-electron chi connectivity index (χ2n) is 5.33. The number of rotatable bonds is 5. The highest BCUT2D eigenvalue weighted by Crippen LogP contribution is 2.32. The van der Waals surface area contributed by atoms with Gasteiger partial charge in [0, 0.05) is 15.2 Å². The molecular weight excluding hydrogens is 408 g/mol. The molecule has 0 aliphatic heterocycles. The number of thiophene rings is 1. The molecule has 0 radical (unpaired) electrons. The minimum atomic E-state index is -0.170. The van der Waals surface area contributed by atoms with E-state index in [0.29, 0.717) is 0 Å². The summed E-state index contributed by atoms with van der Waals surface area (Å²) in [4.78, 5) is 17.8. The van der Waals surface area contributed by atoms with Gasteiger partial charge < -0.3 is 10.4 Å². The zero-order valence-corrected chi connectivity index (χ0v) is 16.0. The van der Waals surface area contributed by atoms with Crippen LogP contribution in [0.5, 0.6) is 5.75 Å². The molecule has 0 saturated heterocycles. The average molecular weight is 423 g/mol. The number of aromatic hydroxyl groups is 1. The van der Waals surface area contributed by atoms with Crippen molar-refractivity contribution in [2.75, 3.05) is 0 Å². The molecule has 3 aromatic rings. The number of carbonyl (C=O) groups excluding carboxylic acids is 1. The van der Waals surface area contributed by atoms with Crippen molar-refractivity contribution >= 4 is 44.5 Å². The molecule has 0 bridgehead atoms. The first-order chi connectivity index (χ1) is 11.5. The minimum Gasteiger partial charge on any atom is -0.508 e. The summed E-state index contributed by atoms with van der Waals surface area (Å²) in [5, 5.41) is 17.3. The SMILES string of the molecule is CC(NC(=O)Cc1csc(-c2cc(Br)cs2)n1)c1cccc(O)c1. The Morgan fingerprint density at radius 3 is 2.88 bits per heavy atom. The van der Waals surface area contributed by atoms with E-state index < -0.39 is 0 Å². The monoisotopic (exact) mass is 422 g/mol. The number of hydrogen-bond donors (Lipinski definition) is 2. The van der Waals surface area contributed by atoms with Crippen molar-refractivity contribution in [3.05, 3.63) is 56.8 Å². The highest BCUT2D eigenvalue weighted by molar-refractivity contribution is 9.10. The Bertz CT molecular complexity index is 860. The predicted molar refractivity (Wildman–Crippen MR) is 101 cm³/mol. The molecule has 1 unspecified atom stereocenters. The molecule has 0 aliphatic rings. The number of halogens is 1. The quantitative estimate of drug-likeness (QED) is 0.622. The van der Waals surface area contributed by atoms with Crippen molar-refractivity contribution in [1.29, 1.82) is 0 Å². The van der Waals surface area contributed by atoms with E-state index in [9.17, 15) is 9.90 Å². The molecule has 1 amide bonds. The lowest BCUT2D eigenvalue weighted by Gasteiger charge is -2.14. The molecule has 2 aromatic heterocycles. The summed E-state index contributed by atoms with van der Waals surface area (Å²) in [6.45, 7) is 1.89. The van der Waals surface area contributed by atoms with Crippen LogP contribution in [-0.4, -0.2) is 16.0 Å². The van der Waals surface area contributed by atoms with Gasteiger partial charge in [0.25, 0.3) is 0 Å². The van der Waals surface area contributed by atoms with E-state index in [1.54, 1.807) is 40.9 Å². The molecule has 0 fully saturated rings. The number of carbonyl (C=O) groups is 1. The standard InChI is InChI=1S/C17H15BrN2O2S2/c1-10(11-3-2-4-14(21)5-11)19-16(22)7-13-9-24-17(20-13)15-6-12(18)8-23-15/h2-6,8-10,21H,7H2,1H3,(H,19,22). The Morgan fingerprint density at radius 1 is 1.33 bits per heavy atom. The van der Waals surface area contributed by atoms with Crippen LogP contribution >= 0.6 is 38.6 Å². The van der Waals surface area contributed by atoms with Gasteiger partial charge in [0.1, 0.15) is 10.8 Å². The van der Waals surface area contributed by atoms with Gasteiger partial charge in [0.05, 0.1) is 23.0 Å². The average Bonchev–Trinajstić information content (AvgIpc) is 3.16. The zero-order valence-electron chi connectivity index (χ0n) is 12.8. The number of phenols is 1. The van der Waals surface area contributed by atoms with Crippen LogP contribution in [0.4, 0.5) is 0 Å². The maximum atomic E-state index is 12.2. The summed E-state index contributed by atoms with van der Waals surface area (Å²) in [6, 6.07) is 8.76. The van der Waals surface area contributed by atoms with Gasteiger partial charge in [-0.2, -0.15) is 0 Å². The maximum Gasteiger partial charge on any atom is 0.226 e. The largest absolute Gasteiger partial charge is 0.508 e. The first-order valence-corrected chi connectivity index (χ1v) is 9.83. The number of thiazole rings is 1. The number of nitrogens with zero attached hydrogens (tertiary/aromatic N) is 1. The molecule has 1 atom stereocenters. The third kappa shape index (κ3) is 4.23. The molecule has 7 heteroatoms. The number of aromatic nitrogens is 1. The van der Waals surface area contributed by atoms with Gasteiger partial charge in [-0.1, -0.05) is 12.1 Å². The minimum absolute atomic E-state index is 0.0879. The van der Waals surface area contributed by atoms with Crippen LogP contribution in [0.2, 0.25) is 0 Å². The Kier molecular flexibility index (Phi) is 5.33. The first kappa shape index (κ1) is 17.1. The van der Waals surface area contributed by atoms with Gasteiger partial charge in [0.2, 0.25) is 5.91 Å². The first-order valence-electron chi connectivity index (χ1n) is 7.28. The molecule has 2 N–H and O–H groups in total. The lowest BCUT2D eigenvalue weighted by atomic mass is 10.1. The topological polar surface area (TPSA) is 62.2 Å². The molecule has 124 valence electrons. The van der Waals surface area contributed by atoms with E-state index in [0.717, 1.165) is 25.6 Å². The van der Waals surface area contributed by atoms with Crippen molar-refractivity contribution in [3.8, 4) is 15.6 Å². The second kappa shape index (κ2) is 7.46. The van der Waals surface area contributed by atoms with E-state index in [1.807, 2.05) is 29.8 Å². The van der Waals surface area contributed by atoms with E-state index in [-0.39, 0.29) is 24.1 Å². The normalized spacial score (nSPS) is 12.1. The third-order valence-electron chi connectivity index (χ3n) is 3.42. The third-order valence-corrected chi connectivity index (χ3v) is 6.17. The number of benzene rings is 1. The lowest BCUT2D eigenvalue weighted by molar-refractivity contribution is -0.121. The van der Waals surface area contributed by atoms with Crippen molar-refractivity contribution in [2.45, 2.75) is 19.4 Å². The van der Waals surface area contributed by atoms with Gasteiger partial charge in [-0.3, -0.25) is 4.79 Å². The number of amides is 1. The van der Waals surface area contributed by atoms with Crippen LogP contribution in [-0.2, 0) is 11.2 Å². The Hall–Kier alpha value is -1.70. The summed E-state index contributed by atoms with van der Waals surface area (Å²) in [5.74, 6) is 0.106. The Balaban J connectivity index is 1.62. The molecule has 0 saturated carbocycles. The summed E-state index contributed by atoms with van der Waals surface area (Å²) < 4.78 is 1.04. The van der Waals surface area contributed by atoms with Gasteiger partial charge in [-0.25, -0.2) is 4.98 Å². The van der Waals surface area contributed by atoms with Crippen LogP contribution in [0, 0.1) is 0 Å². The van der Waals surface area contributed by atoms with Gasteiger partial charge in [0.15, 0.2) is 0 Å². The fourth-order valence-corrected chi connectivity index (χ4v) is 4.59. The predicted octanol–water partition coefficient (Wildman–Crippen LogP) is 4.76. The van der Waals surface area contributed by atoms with E-state index >= 15 is 0 Å². The van der Waals surface area contributed by atoms with E-state index in [4.69, 9.17) is 0 Å². The molecule has 0 spiro atoms. The van der Waals surface area contributed by atoms with Gasteiger partial charge >= 0.3 is 0 Å². The fourth-order valence-electron chi connectivity index (χ4n) is 2.26. The van der Waals surface area contributed by atoms with Crippen LogP contribution < -0.4 is 5.32 Å². The summed E-state index contributed by atoms with van der Waals surface area (Å²) >= 11 is 6.60. The summed E-state index contributed by atoms with van der Waals surface area (Å²) in [5.41, 5.74) is 1.63. The molecule has 3 rings (SSSR count). The molecule has 24 heavy (non-hydrogen) atoms. The highest BCUT2D eigenvalue weighted by atomic mass is 79.9. The van der Waals surface area contributed by atoms with E-state index in [2.05, 4.69) is 26.2 Å². The summed E-state index contributed by atoms with van der Waals surface area (Å²) in [6.07, 6.45) is 0.242. The lowest BCUT2D eigenvalue weighted by Crippen LogP contribution is -2.28. The molecular formula is C17H15BrN2O2S2. The van der Waals surface area contributed by atoms with E-state index in [1.165, 1.54) is 0 Å². The number of nitrogens with one attached hydrogen (secondary N) is 1. The molecule has 2 heterocycles. The van der Waals surface area contributed by atoms with Crippen LogP contribution in [0.15, 0.2) is 45.6 Å². The van der Waals surface area contributed by atoms with Crippen molar-refractivity contribution in [1.82, 2.24) is 10.3 Å². The van der Waals surface area contributed by atoms with Gasteiger partial charge in [-0.15, -0.1) is 22.7 Å². The van der Waals surface area contributed by atoms with Crippen molar-refractivity contribution in [3.63, 3.8) is 0 Å². The highest BCUT2D eigenvalue weighted by Gasteiger charge is 2.13. The van der Waals surface area contributed by atoms with Crippen molar-refractivity contribution in [2.24, 2.45) is 0 Å². The second-order valence-corrected chi connectivity index (χ2v) is 8.02. The molecule has 1 aromatic carbocycles. The van der Waals surface area contributed by atoms with Crippen LogP contribution in [0.1, 0.15) is 24.2 Å². The molecule has 0 aliphatic carbocycles. The van der Waals surface area contributed by atoms with Crippen LogP contribution in [0.3, 0.4) is 0 Å².